The van der Waals surface area contributed by atoms with E-state index in [4.69, 9.17) is 10.5 Å². The summed E-state index contributed by atoms with van der Waals surface area (Å²) in [7, 11) is -3.54. The van der Waals surface area contributed by atoms with Gasteiger partial charge in [0.05, 0.1) is 25.1 Å². The molecule has 0 bridgehead atoms. The minimum absolute atomic E-state index is 0.0549. The molecule has 0 amide bonds. The van der Waals surface area contributed by atoms with Crippen molar-refractivity contribution >= 4 is 16.0 Å². The monoisotopic (exact) mass is 258 g/mol. The molecule has 1 fully saturated rings. The molecular formula is C9H14N4O3S. The topological polar surface area (TPSA) is 98.4 Å². The Kier molecular flexibility index (Phi) is 3.27. The van der Waals surface area contributed by atoms with E-state index in [1.165, 1.54) is 16.7 Å². The van der Waals surface area contributed by atoms with Gasteiger partial charge in [-0.1, -0.05) is 0 Å². The number of nitrogen functional groups attached to an aromatic ring is 1. The van der Waals surface area contributed by atoms with Crippen molar-refractivity contribution in [2.24, 2.45) is 0 Å². The first-order valence-corrected chi connectivity index (χ1v) is 6.63. The van der Waals surface area contributed by atoms with E-state index in [-0.39, 0.29) is 16.9 Å². The third-order valence-corrected chi connectivity index (χ3v) is 4.31. The van der Waals surface area contributed by atoms with Gasteiger partial charge >= 0.3 is 0 Å². The molecule has 8 heteroatoms. The minimum Gasteiger partial charge on any atom is -0.376 e. The van der Waals surface area contributed by atoms with Crippen LogP contribution >= 0.6 is 0 Å². The molecule has 1 aromatic heterocycles. The van der Waals surface area contributed by atoms with E-state index in [0.29, 0.717) is 19.7 Å². The van der Waals surface area contributed by atoms with Crippen molar-refractivity contribution in [2.75, 3.05) is 25.4 Å². The Labute approximate surface area is 99.7 Å². The lowest BCUT2D eigenvalue weighted by Gasteiger charge is -2.30. The lowest BCUT2D eigenvalue weighted by atomic mass is 10.3. The average molecular weight is 258 g/mol. The number of nitrogens with zero attached hydrogens (tertiary/aromatic N) is 3. The van der Waals surface area contributed by atoms with E-state index in [1.54, 1.807) is 0 Å². The minimum atomic E-state index is -3.54. The van der Waals surface area contributed by atoms with Crippen LogP contribution in [0, 0.1) is 0 Å². The zero-order chi connectivity index (χ0) is 12.5. The van der Waals surface area contributed by atoms with E-state index in [9.17, 15) is 8.42 Å². The van der Waals surface area contributed by atoms with Crippen LogP contribution in [0.25, 0.3) is 0 Å². The van der Waals surface area contributed by atoms with Crippen LogP contribution in [-0.2, 0) is 14.8 Å². The largest absolute Gasteiger partial charge is 0.376 e. The second kappa shape index (κ2) is 4.55. The lowest BCUT2D eigenvalue weighted by molar-refractivity contribution is 0.0102. The van der Waals surface area contributed by atoms with Crippen molar-refractivity contribution in [3.63, 3.8) is 0 Å². The summed E-state index contributed by atoms with van der Waals surface area (Å²) in [6.45, 7) is 2.92. The first-order valence-electron chi connectivity index (χ1n) is 5.19. The summed E-state index contributed by atoms with van der Waals surface area (Å²) in [5.41, 5.74) is 5.32. The highest BCUT2D eigenvalue weighted by Gasteiger charge is 2.29. The number of anilines is 1. The number of aromatic nitrogens is 2. The predicted octanol–water partition coefficient (Wildman–Crippen LogP) is -0.532. The molecular weight excluding hydrogens is 244 g/mol. The Hall–Kier alpha value is -1.25. The van der Waals surface area contributed by atoms with Crippen molar-refractivity contribution in [1.29, 1.82) is 0 Å². The maximum absolute atomic E-state index is 12.2. The number of morpholine rings is 1. The summed E-state index contributed by atoms with van der Waals surface area (Å²) in [5.74, 6) is 0.0549. The molecule has 0 spiro atoms. The van der Waals surface area contributed by atoms with E-state index >= 15 is 0 Å². The zero-order valence-electron chi connectivity index (χ0n) is 9.41. The molecule has 94 valence electrons. The first-order chi connectivity index (χ1) is 8.00. The van der Waals surface area contributed by atoms with E-state index < -0.39 is 10.0 Å². The molecule has 0 radical (unpaired) electrons. The lowest BCUT2D eigenvalue weighted by Crippen LogP contribution is -2.44. The van der Waals surface area contributed by atoms with Crippen molar-refractivity contribution in [3.8, 4) is 0 Å². The molecule has 1 atom stereocenters. The van der Waals surface area contributed by atoms with Crippen LogP contribution in [0.2, 0.25) is 0 Å². The molecule has 2 heterocycles. The van der Waals surface area contributed by atoms with Crippen LogP contribution < -0.4 is 5.73 Å². The molecule has 2 N–H and O–H groups in total. The normalized spacial score (nSPS) is 22.5. The van der Waals surface area contributed by atoms with Gasteiger partial charge in [0, 0.05) is 13.1 Å². The molecule has 1 aliphatic heterocycles. The van der Waals surface area contributed by atoms with Crippen molar-refractivity contribution in [1.82, 2.24) is 14.3 Å². The Balaban J connectivity index is 2.26. The van der Waals surface area contributed by atoms with Gasteiger partial charge < -0.3 is 10.5 Å². The SMILES string of the molecule is CC1CN(S(=O)(=O)c2cnc(N)nc2)CCO1. The van der Waals surface area contributed by atoms with Gasteiger partial charge in [0.25, 0.3) is 0 Å². The van der Waals surface area contributed by atoms with Gasteiger partial charge in [0.2, 0.25) is 16.0 Å². The number of hydrogen-bond donors (Lipinski definition) is 1. The average Bonchev–Trinajstić information content (AvgIpc) is 2.29. The van der Waals surface area contributed by atoms with Gasteiger partial charge in [0.1, 0.15) is 4.90 Å². The molecule has 1 unspecified atom stereocenters. The Bertz CT molecular complexity index is 487. The first kappa shape index (κ1) is 12.2. The van der Waals surface area contributed by atoms with E-state index in [2.05, 4.69) is 9.97 Å². The Morgan fingerprint density at radius 2 is 2.12 bits per heavy atom. The van der Waals surface area contributed by atoms with Gasteiger partial charge in [-0.3, -0.25) is 0 Å². The maximum Gasteiger partial charge on any atom is 0.246 e. The van der Waals surface area contributed by atoms with Gasteiger partial charge in [-0.05, 0) is 6.92 Å². The fraction of sp³-hybridized carbons (Fsp3) is 0.556. The summed E-state index contributed by atoms with van der Waals surface area (Å²) in [5, 5.41) is 0. The Morgan fingerprint density at radius 3 is 2.71 bits per heavy atom. The standard InChI is InChI=1S/C9H14N4O3S/c1-7-6-13(2-3-16-7)17(14,15)8-4-11-9(10)12-5-8/h4-5,7H,2-3,6H2,1H3,(H2,10,11,12). The molecule has 1 aromatic rings. The molecule has 1 aliphatic rings. The summed E-state index contributed by atoms with van der Waals surface area (Å²) in [4.78, 5) is 7.43. The number of ether oxygens (including phenoxy) is 1. The highest BCUT2D eigenvalue weighted by molar-refractivity contribution is 7.89. The summed E-state index contributed by atoms with van der Waals surface area (Å²) in [6.07, 6.45) is 2.34. The number of sulfonamides is 1. The second-order valence-corrected chi connectivity index (χ2v) is 5.76. The van der Waals surface area contributed by atoms with Gasteiger partial charge in [-0.25, -0.2) is 18.4 Å². The molecule has 7 nitrogen and oxygen atoms in total. The van der Waals surface area contributed by atoms with E-state index in [1.807, 2.05) is 6.92 Å². The number of hydrogen-bond acceptors (Lipinski definition) is 6. The summed E-state index contributed by atoms with van der Waals surface area (Å²) < 4.78 is 31.1. The zero-order valence-corrected chi connectivity index (χ0v) is 10.2. The van der Waals surface area contributed by atoms with Gasteiger partial charge in [-0.2, -0.15) is 4.31 Å². The fourth-order valence-corrected chi connectivity index (χ4v) is 3.00. The van der Waals surface area contributed by atoms with Crippen molar-refractivity contribution < 1.29 is 13.2 Å². The van der Waals surface area contributed by atoms with Crippen molar-refractivity contribution in [3.05, 3.63) is 12.4 Å². The highest BCUT2D eigenvalue weighted by atomic mass is 32.2. The highest BCUT2D eigenvalue weighted by Crippen LogP contribution is 2.17. The molecule has 1 saturated heterocycles. The second-order valence-electron chi connectivity index (χ2n) is 3.82. The maximum atomic E-state index is 12.2. The van der Waals surface area contributed by atoms with Gasteiger partial charge in [-0.15, -0.1) is 0 Å². The Morgan fingerprint density at radius 1 is 1.47 bits per heavy atom. The third-order valence-electron chi connectivity index (χ3n) is 2.49. The predicted molar refractivity (Wildman–Crippen MR) is 60.6 cm³/mol. The molecule has 2 rings (SSSR count). The molecule has 0 aromatic carbocycles. The van der Waals surface area contributed by atoms with Crippen LogP contribution in [-0.4, -0.2) is 48.5 Å². The van der Waals surface area contributed by atoms with Crippen LogP contribution in [0.5, 0.6) is 0 Å². The van der Waals surface area contributed by atoms with Crippen LogP contribution in [0.1, 0.15) is 6.92 Å². The van der Waals surface area contributed by atoms with Gasteiger partial charge in [0.15, 0.2) is 0 Å². The fourth-order valence-electron chi connectivity index (χ4n) is 1.61. The summed E-state index contributed by atoms with van der Waals surface area (Å²) >= 11 is 0. The third kappa shape index (κ3) is 2.54. The number of nitrogens with two attached hydrogens (primary N) is 1. The van der Waals surface area contributed by atoms with Crippen LogP contribution in [0.4, 0.5) is 5.95 Å². The molecule has 0 aliphatic carbocycles. The quantitative estimate of drug-likeness (QED) is 0.765. The van der Waals surface area contributed by atoms with Crippen LogP contribution in [0.15, 0.2) is 17.3 Å². The van der Waals surface area contributed by atoms with Crippen molar-refractivity contribution in [2.45, 2.75) is 17.9 Å². The molecule has 0 saturated carbocycles. The molecule has 17 heavy (non-hydrogen) atoms. The smallest absolute Gasteiger partial charge is 0.246 e. The van der Waals surface area contributed by atoms with E-state index in [0.717, 1.165) is 0 Å². The van der Waals surface area contributed by atoms with Crippen LogP contribution in [0.3, 0.4) is 0 Å². The number of rotatable bonds is 2. The summed E-state index contributed by atoms with van der Waals surface area (Å²) in [6, 6.07) is 0.